The number of fused-ring (bicyclic) bond motifs is 1. The van der Waals surface area contributed by atoms with Crippen molar-refractivity contribution in [2.75, 3.05) is 0 Å². The topological polar surface area (TPSA) is 30.2 Å². The van der Waals surface area contributed by atoms with E-state index in [9.17, 15) is 4.79 Å². The summed E-state index contributed by atoms with van der Waals surface area (Å²) >= 11 is 12.1. The third kappa shape index (κ3) is 3.69. The quantitative estimate of drug-likeness (QED) is 0.420. The van der Waals surface area contributed by atoms with Crippen molar-refractivity contribution < 1.29 is 9.21 Å². The molecule has 2 aromatic carbocycles. The smallest absolute Gasteiger partial charge is 0.197 e. The summed E-state index contributed by atoms with van der Waals surface area (Å²) in [6.07, 6.45) is 0.688. The second-order valence-electron chi connectivity index (χ2n) is 7.68. The molecule has 2 nitrogen and oxygen atoms in total. The Hall–Kier alpha value is -2.03. The molecule has 3 aromatic rings. The molecule has 0 amide bonds. The van der Waals surface area contributed by atoms with E-state index in [2.05, 4.69) is 27.4 Å². The maximum Gasteiger partial charge on any atom is 0.197 e. The van der Waals surface area contributed by atoms with Gasteiger partial charge in [0.1, 0.15) is 11.3 Å². The van der Waals surface area contributed by atoms with Gasteiger partial charge in [-0.2, -0.15) is 0 Å². The van der Waals surface area contributed by atoms with E-state index in [-0.39, 0.29) is 11.2 Å². The van der Waals surface area contributed by atoms with Gasteiger partial charge in [-0.15, -0.1) is 0 Å². The molecule has 0 saturated carbocycles. The van der Waals surface area contributed by atoms with E-state index in [0.29, 0.717) is 38.9 Å². The first-order chi connectivity index (χ1) is 12.6. The van der Waals surface area contributed by atoms with E-state index in [4.69, 9.17) is 27.6 Å². The van der Waals surface area contributed by atoms with Crippen molar-refractivity contribution in [2.45, 2.75) is 39.5 Å². The molecule has 0 N–H and O–H groups in total. The molecule has 1 aromatic heterocycles. The highest BCUT2D eigenvalue weighted by Crippen LogP contribution is 2.36. The maximum atomic E-state index is 13.4. The fourth-order valence-electron chi connectivity index (χ4n) is 2.98. The van der Waals surface area contributed by atoms with E-state index < -0.39 is 0 Å². The van der Waals surface area contributed by atoms with Crippen LogP contribution in [0.1, 0.15) is 61.4 Å². The van der Waals surface area contributed by atoms with Gasteiger partial charge in [0, 0.05) is 10.9 Å². The number of benzene rings is 2. The molecule has 0 fully saturated rings. The summed E-state index contributed by atoms with van der Waals surface area (Å²) < 4.78 is 6.04. The highest BCUT2D eigenvalue weighted by atomic mass is 35.5. The van der Waals surface area contributed by atoms with Crippen LogP contribution in [-0.2, 0) is 5.41 Å². The predicted octanol–water partition coefficient (Wildman–Crippen LogP) is 7.69. The SMILES string of the molecule is C=C(CC)c1oc2ccc(C(C)(C)C)cc2c1C(=O)c1ccc(Cl)c(Cl)c1. The van der Waals surface area contributed by atoms with Crippen LogP contribution in [0.25, 0.3) is 16.5 Å². The van der Waals surface area contributed by atoms with E-state index in [0.717, 1.165) is 16.5 Å². The van der Waals surface area contributed by atoms with Crippen LogP contribution >= 0.6 is 23.2 Å². The van der Waals surface area contributed by atoms with Crippen molar-refractivity contribution in [3.63, 3.8) is 0 Å². The molecule has 27 heavy (non-hydrogen) atoms. The Labute approximate surface area is 169 Å². The Balaban J connectivity index is 2.28. The normalized spacial score (nSPS) is 11.8. The van der Waals surface area contributed by atoms with Gasteiger partial charge in [-0.3, -0.25) is 4.79 Å². The van der Waals surface area contributed by atoms with Crippen molar-refractivity contribution in [1.82, 2.24) is 0 Å². The molecule has 0 spiro atoms. The largest absolute Gasteiger partial charge is 0.456 e. The average Bonchev–Trinajstić information content (AvgIpc) is 3.00. The second kappa shape index (κ2) is 7.18. The standard InChI is InChI=1S/C23H22Cl2O2/c1-6-13(2)22-20(21(26)14-7-9-17(24)18(25)11-14)16-12-15(23(3,4)5)8-10-19(16)27-22/h7-12H,2,6H2,1,3-5H3. The van der Waals surface area contributed by atoms with Crippen molar-refractivity contribution >= 4 is 45.5 Å². The molecule has 4 heteroatoms. The van der Waals surface area contributed by atoms with Crippen LogP contribution in [0.3, 0.4) is 0 Å². The number of carbonyl (C=O) groups excluding carboxylic acids is 1. The van der Waals surface area contributed by atoms with Gasteiger partial charge in [-0.25, -0.2) is 0 Å². The van der Waals surface area contributed by atoms with Crippen LogP contribution in [0.15, 0.2) is 47.4 Å². The number of allylic oxidation sites excluding steroid dienone is 1. The minimum absolute atomic E-state index is 0.0444. The van der Waals surface area contributed by atoms with Gasteiger partial charge < -0.3 is 4.42 Å². The molecule has 0 atom stereocenters. The third-order valence-corrected chi connectivity index (χ3v) is 5.45. The van der Waals surface area contributed by atoms with E-state index >= 15 is 0 Å². The molecule has 1 heterocycles. The van der Waals surface area contributed by atoms with Gasteiger partial charge in [0.2, 0.25) is 0 Å². The molecule has 0 unspecified atom stereocenters. The summed E-state index contributed by atoms with van der Waals surface area (Å²) in [5, 5.41) is 1.56. The van der Waals surface area contributed by atoms with Gasteiger partial charge in [-0.1, -0.05) is 63.5 Å². The number of halogens is 2. The van der Waals surface area contributed by atoms with Crippen molar-refractivity contribution in [1.29, 1.82) is 0 Å². The van der Waals surface area contributed by atoms with Crippen LogP contribution in [0.4, 0.5) is 0 Å². The first-order valence-corrected chi connectivity index (χ1v) is 9.64. The van der Waals surface area contributed by atoms with Crippen molar-refractivity contribution in [3.05, 3.63) is 75.5 Å². The molecule has 0 saturated heterocycles. The summed E-state index contributed by atoms with van der Waals surface area (Å²) in [7, 11) is 0. The van der Waals surface area contributed by atoms with E-state index in [1.165, 1.54) is 0 Å². The number of ketones is 1. The van der Waals surface area contributed by atoms with E-state index in [1.54, 1.807) is 18.2 Å². The van der Waals surface area contributed by atoms with Crippen molar-refractivity contribution in [3.8, 4) is 0 Å². The average molecular weight is 401 g/mol. The first-order valence-electron chi connectivity index (χ1n) is 8.88. The zero-order chi connectivity index (χ0) is 19.9. The monoisotopic (exact) mass is 400 g/mol. The Kier molecular flexibility index (Phi) is 5.24. The minimum atomic E-state index is -0.150. The Morgan fingerprint density at radius 1 is 1.07 bits per heavy atom. The molecule has 3 rings (SSSR count). The molecule has 140 valence electrons. The molecule has 0 bridgehead atoms. The highest BCUT2D eigenvalue weighted by molar-refractivity contribution is 6.42. The third-order valence-electron chi connectivity index (χ3n) is 4.71. The van der Waals surface area contributed by atoms with Gasteiger partial charge in [0.25, 0.3) is 0 Å². The number of rotatable bonds is 4. The Morgan fingerprint density at radius 2 is 1.78 bits per heavy atom. The van der Waals surface area contributed by atoms with Gasteiger partial charge >= 0.3 is 0 Å². The van der Waals surface area contributed by atoms with Crippen LogP contribution in [0, 0.1) is 0 Å². The lowest BCUT2D eigenvalue weighted by molar-refractivity contribution is 0.103. The lowest BCUT2D eigenvalue weighted by Crippen LogP contribution is -2.11. The second-order valence-corrected chi connectivity index (χ2v) is 8.50. The van der Waals surface area contributed by atoms with Gasteiger partial charge in [0.05, 0.1) is 15.6 Å². The van der Waals surface area contributed by atoms with Gasteiger partial charge in [-0.05, 0) is 53.3 Å². The number of hydrogen-bond donors (Lipinski definition) is 0. The molecule has 0 aliphatic carbocycles. The van der Waals surface area contributed by atoms with Crippen LogP contribution in [0.5, 0.6) is 0 Å². The predicted molar refractivity (Wildman–Crippen MR) is 114 cm³/mol. The summed E-state index contributed by atoms with van der Waals surface area (Å²) in [5.41, 5.74) is 3.55. The van der Waals surface area contributed by atoms with Crippen LogP contribution < -0.4 is 0 Å². The lowest BCUT2D eigenvalue weighted by Gasteiger charge is -2.18. The van der Waals surface area contributed by atoms with Gasteiger partial charge in [0.15, 0.2) is 5.78 Å². The van der Waals surface area contributed by atoms with Crippen LogP contribution in [0.2, 0.25) is 10.0 Å². The van der Waals surface area contributed by atoms with Crippen molar-refractivity contribution in [2.24, 2.45) is 0 Å². The lowest BCUT2D eigenvalue weighted by atomic mass is 9.85. The Bertz CT molecular complexity index is 1050. The molecule has 0 aliphatic rings. The fourth-order valence-corrected chi connectivity index (χ4v) is 3.28. The molecular formula is C23H22Cl2O2. The summed E-state index contributed by atoms with van der Waals surface area (Å²) in [5.74, 6) is 0.387. The summed E-state index contributed by atoms with van der Waals surface area (Å²) in [6, 6.07) is 10.9. The molecule has 0 radical (unpaired) electrons. The number of furan rings is 1. The van der Waals surface area contributed by atoms with Crippen LogP contribution in [-0.4, -0.2) is 5.78 Å². The number of hydrogen-bond acceptors (Lipinski definition) is 2. The fraction of sp³-hybridized carbons (Fsp3) is 0.261. The Morgan fingerprint density at radius 3 is 2.37 bits per heavy atom. The van der Waals surface area contributed by atoms with E-state index in [1.807, 2.05) is 25.1 Å². The number of carbonyl (C=O) groups is 1. The zero-order valence-corrected chi connectivity index (χ0v) is 17.5. The summed E-state index contributed by atoms with van der Waals surface area (Å²) in [6.45, 7) is 12.5. The summed E-state index contributed by atoms with van der Waals surface area (Å²) in [4.78, 5) is 13.4. The highest BCUT2D eigenvalue weighted by Gasteiger charge is 2.25. The molecular weight excluding hydrogens is 379 g/mol. The first kappa shape index (κ1) is 19.7. The maximum absolute atomic E-state index is 13.4. The molecule has 0 aliphatic heterocycles. The zero-order valence-electron chi connectivity index (χ0n) is 16.0. The minimum Gasteiger partial charge on any atom is -0.456 e.